The summed E-state index contributed by atoms with van der Waals surface area (Å²) >= 11 is 0. The molecule has 0 aliphatic heterocycles. The summed E-state index contributed by atoms with van der Waals surface area (Å²) in [4.78, 5) is 23.1. The Morgan fingerprint density at radius 2 is 1.84 bits per heavy atom. The van der Waals surface area contributed by atoms with E-state index in [1.54, 1.807) is 0 Å². The number of carbonyl (C=O) groups excluding carboxylic acids is 2. The van der Waals surface area contributed by atoms with Crippen LogP contribution in [-0.2, 0) is 14.3 Å². The van der Waals surface area contributed by atoms with Crippen LogP contribution in [0.25, 0.3) is 0 Å². The van der Waals surface area contributed by atoms with Gasteiger partial charge in [-0.2, -0.15) is 0 Å². The third-order valence-electron chi connectivity index (χ3n) is 7.33. The van der Waals surface area contributed by atoms with Crippen LogP contribution in [0.3, 0.4) is 0 Å². The van der Waals surface area contributed by atoms with Crippen molar-refractivity contribution in [1.82, 2.24) is 0 Å². The van der Waals surface area contributed by atoms with E-state index in [4.69, 9.17) is 4.74 Å². The molecule has 9 atom stereocenters. The summed E-state index contributed by atoms with van der Waals surface area (Å²) in [5, 5.41) is 41.0. The predicted molar refractivity (Wildman–Crippen MR) is 109 cm³/mol. The van der Waals surface area contributed by atoms with Crippen molar-refractivity contribution in [2.75, 3.05) is 0 Å². The fraction of sp³-hybridized carbons (Fsp3) is 0.913. The fourth-order valence-electron chi connectivity index (χ4n) is 5.47. The van der Waals surface area contributed by atoms with E-state index in [1.807, 2.05) is 13.8 Å². The monoisotopic (exact) mass is 434 g/mol. The number of esters is 1. The van der Waals surface area contributed by atoms with E-state index >= 15 is 0 Å². The second-order valence-corrected chi connectivity index (χ2v) is 9.66. The molecule has 0 heterocycles. The minimum absolute atomic E-state index is 0. The van der Waals surface area contributed by atoms with Crippen molar-refractivity contribution in [2.45, 2.75) is 103 Å². The molecule has 2 saturated carbocycles. The predicted octanol–water partition coefficient (Wildman–Crippen LogP) is -1.59. The molecule has 0 aromatic carbocycles. The van der Waals surface area contributed by atoms with Crippen LogP contribution in [0.5, 0.6) is 0 Å². The van der Waals surface area contributed by atoms with Crippen LogP contribution < -0.4 is 24.0 Å². The molecule has 7 nitrogen and oxygen atoms in total. The SMILES string of the molecule is CC[C@H](C)C(=O)O[C@H]1C[C@@H](O)CC2CC[C@H](C)[C@H](CCC(O)C[C@@H](O)CC(=O)[O-])[C@H]21.[Li+]. The van der Waals surface area contributed by atoms with Gasteiger partial charge in [-0.1, -0.05) is 27.2 Å². The topological polar surface area (TPSA) is 127 Å². The summed E-state index contributed by atoms with van der Waals surface area (Å²) in [5.74, 6) is -0.599. The van der Waals surface area contributed by atoms with Gasteiger partial charge >= 0.3 is 24.8 Å². The molecule has 0 aromatic heterocycles. The molecule has 174 valence electrons. The van der Waals surface area contributed by atoms with Gasteiger partial charge in [-0.25, -0.2) is 0 Å². The van der Waals surface area contributed by atoms with Crippen molar-refractivity contribution in [3.8, 4) is 0 Å². The zero-order valence-corrected chi connectivity index (χ0v) is 19.5. The van der Waals surface area contributed by atoms with Crippen molar-refractivity contribution < 1.29 is 53.6 Å². The first-order chi connectivity index (χ1) is 14.1. The molecule has 31 heavy (non-hydrogen) atoms. The van der Waals surface area contributed by atoms with Crippen LogP contribution in [0.2, 0.25) is 0 Å². The molecule has 2 fully saturated rings. The zero-order valence-electron chi connectivity index (χ0n) is 19.5. The Balaban J connectivity index is 0.00000480. The molecule has 2 rings (SSSR count). The average Bonchev–Trinajstić information content (AvgIpc) is 2.65. The van der Waals surface area contributed by atoms with Crippen LogP contribution >= 0.6 is 0 Å². The molecule has 3 N–H and O–H groups in total. The van der Waals surface area contributed by atoms with Crippen molar-refractivity contribution in [1.29, 1.82) is 0 Å². The number of hydrogen-bond acceptors (Lipinski definition) is 7. The summed E-state index contributed by atoms with van der Waals surface area (Å²) in [5.41, 5.74) is 0. The van der Waals surface area contributed by atoms with E-state index in [2.05, 4.69) is 6.92 Å². The van der Waals surface area contributed by atoms with E-state index in [9.17, 15) is 30.0 Å². The third-order valence-corrected chi connectivity index (χ3v) is 7.33. The van der Waals surface area contributed by atoms with Crippen molar-refractivity contribution in [3.63, 3.8) is 0 Å². The number of aliphatic hydroxyl groups is 3. The number of fused-ring (bicyclic) bond motifs is 1. The van der Waals surface area contributed by atoms with Crippen molar-refractivity contribution in [3.05, 3.63) is 0 Å². The Kier molecular flexibility index (Phi) is 12.1. The molecule has 0 aromatic rings. The standard InChI is InChI=1S/C23H40O7.Li/c1-4-13(2)23(29)30-20-11-17(25)9-15-6-5-14(3)19(22(15)20)8-7-16(24)10-18(26)12-21(27)28;/h13-20,22,24-26H,4-12H2,1-3H3,(H,27,28);/q;+1/p-1/t13-,14-,15?,16?,17-,18+,19-,20-,22-;/m0./s1. The van der Waals surface area contributed by atoms with Crippen LogP contribution in [-0.4, -0.2) is 51.7 Å². The summed E-state index contributed by atoms with van der Waals surface area (Å²) in [7, 11) is 0. The maximum atomic E-state index is 12.5. The Morgan fingerprint density at radius 3 is 2.45 bits per heavy atom. The molecule has 2 unspecified atom stereocenters. The second-order valence-electron chi connectivity index (χ2n) is 9.66. The van der Waals surface area contributed by atoms with E-state index in [1.165, 1.54) is 0 Å². The zero-order chi connectivity index (χ0) is 22.4. The first kappa shape index (κ1) is 28.5. The minimum atomic E-state index is -1.33. The van der Waals surface area contributed by atoms with Gasteiger partial charge in [0.2, 0.25) is 0 Å². The van der Waals surface area contributed by atoms with E-state index in [0.29, 0.717) is 31.1 Å². The van der Waals surface area contributed by atoms with Gasteiger partial charge in [0.1, 0.15) is 6.10 Å². The number of carboxylic acids is 1. The molecule has 0 amide bonds. The van der Waals surface area contributed by atoms with Crippen LogP contribution in [0.1, 0.15) is 78.6 Å². The van der Waals surface area contributed by atoms with Crippen LogP contribution in [0.4, 0.5) is 0 Å². The van der Waals surface area contributed by atoms with Gasteiger partial charge in [-0.05, 0) is 56.3 Å². The number of ether oxygens (including phenoxy) is 1. The van der Waals surface area contributed by atoms with Crippen LogP contribution in [0, 0.1) is 29.6 Å². The van der Waals surface area contributed by atoms with E-state index < -0.39 is 30.7 Å². The van der Waals surface area contributed by atoms with Gasteiger partial charge < -0.3 is 30.0 Å². The number of hydrogen-bond donors (Lipinski definition) is 3. The van der Waals surface area contributed by atoms with Crippen molar-refractivity contribution >= 4 is 11.9 Å². The second kappa shape index (κ2) is 13.2. The van der Waals surface area contributed by atoms with E-state index in [-0.39, 0.29) is 55.1 Å². The molecule has 2 aliphatic carbocycles. The molecule has 0 radical (unpaired) electrons. The minimum Gasteiger partial charge on any atom is -0.550 e. The summed E-state index contributed by atoms with van der Waals surface area (Å²) < 4.78 is 5.90. The van der Waals surface area contributed by atoms with E-state index in [0.717, 1.165) is 25.7 Å². The molecule has 8 heteroatoms. The number of aliphatic carboxylic acids is 1. The van der Waals surface area contributed by atoms with Gasteiger partial charge in [0.25, 0.3) is 0 Å². The Bertz CT molecular complexity index is 572. The summed E-state index contributed by atoms with van der Waals surface area (Å²) in [6, 6.07) is 0. The molecular formula is C23H39LiO7. The molecule has 2 aliphatic rings. The first-order valence-corrected chi connectivity index (χ1v) is 11.6. The summed E-state index contributed by atoms with van der Waals surface area (Å²) in [6.07, 6.45) is 1.96. The number of carbonyl (C=O) groups is 2. The van der Waals surface area contributed by atoms with Gasteiger partial charge in [0.05, 0.1) is 24.2 Å². The Hall–Kier alpha value is -0.583. The largest absolute Gasteiger partial charge is 1.00 e. The normalized spacial score (nSPS) is 33.4. The number of aliphatic hydroxyl groups excluding tert-OH is 3. The maximum absolute atomic E-state index is 12.5. The Morgan fingerprint density at radius 1 is 1.16 bits per heavy atom. The van der Waals surface area contributed by atoms with Crippen molar-refractivity contribution in [2.24, 2.45) is 29.6 Å². The average molecular weight is 434 g/mol. The van der Waals surface area contributed by atoms with Crippen LogP contribution in [0.15, 0.2) is 0 Å². The smallest absolute Gasteiger partial charge is 0.550 e. The third kappa shape index (κ3) is 8.36. The number of rotatable bonds is 10. The molecule has 0 bridgehead atoms. The van der Waals surface area contributed by atoms with Gasteiger partial charge in [-0.3, -0.25) is 4.79 Å². The van der Waals surface area contributed by atoms with Gasteiger partial charge in [-0.15, -0.1) is 0 Å². The molecule has 0 spiro atoms. The van der Waals surface area contributed by atoms with Gasteiger partial charge in [0, 0.05) is 24.7 Å². The molecular weight excluding hydrogens is 395 g/mol. The maximum Gasteiger partial charge on any atom is 1.00 e. The molecule has 0 saturated heterocycles. The Labute approximate surface area is 198 Å². The summed E-state index contributed by atoms with van der Waals surface area (Å²) in [6.45, 7) is 6.00. The first-order valence-electron chi connectivity index (χ1n) is 11.6. The van der Waals surface area contributed by atoms with Gasteiger partial charge in [0.15, 0.2) is 0 Å². The quantitative estimate of drug-likeness (QED) is 0.280. The fourth-order valence-corrected chi connectivity index (χ4v) is 5.47. The number of carboxylic acid groups (broad SMARTS) is 1.